The van der Waals surface area contributed by atoms with Crippen molar-refractivity contribution in [2.24, 2.45) is 23.5 Å². The van der Waals surface area contributed by atoms with E-state index in [1.807, 2.05) is 0 Å². The molecular weight excluding hydrogens is 166 g/mol. The van der Waals surface area contributed by atoms with Crippen LogP contribution in [0, 0.1) is 17.8 Å². The highest BCUT2D eigenvalue weighted by Crippen LogP contribution is 2.45. The lowest BCUT2D eigenvalue weighted by Crippen LogP contribution is -2.58. The normalized spacial score (nSPS) is 50.1. The fraction of sp³-hybridized carbons (Fsp3) is 0.900. The van der Waals surface area contributed by atoms with Gasteiger partial charge in [0.1, 0.15) is 0 Å². The number of ether oxygens (including phenoxy) is 1. The van der Waals surface area contributed by atoms with E-state index in [9.17, 15) is 4.79 Å². The number of esters is 1. The SMILES string of the molecule is CC1COC(=O)[C@H]2[C@@H](C)CC[C@@]12N. The highest BCUT2D eigenvalue weighted by molar-refractivity contribution is 5.76. The molecule has 0 amide bonds. The van der Waals surface area contributed by atoms with E-state index in [1.165, 1.54) is 0 Å². The zero-order valence-electron chi connectivity index (χ0n) is 8.25. The van der Waals surface area contributed by atoms with E-state index in [2.05, 4.69) is 13.8 Å². The van der Waals surface area contributed by atoms with Crippen LogP contribution in [0.4, 0.5) is 0 Å². The first-order chi connectivity index (χ1) is 6.05. The highest BCUT2D eigenvalue weighted by atomic mass is 16.5. The fourth-order valence-corrected chi connectivity index (χ4v) is 2.79. The molecule has 74 valence electrons. The van der Waals surface area contributed by atoms with Crippen LogP contribution in [0.2, 0.25) is 0 Å². The average molecular weight is 183 g/mol. The number of fused-ring (bicyclic) bond motifs is 1. The van der Waals surface area contributed by atoms with Crippen LogP contribution < -0.4 is 5.73 Å². The van der Waals surface area contributed by atoms with Gasteiger partial charge >= 0.3 is 5.97 Å². The Bertz CT molecular complexity index is 241. The lowest BCUT2D eigenvalue weighted by Gasteiger charge is -2.41. The van der Waals surface area contributed by atoms with Gasteiger partial charge in [0.2, 0.25) is 0 Å². The van der Waals surface area contributed by atoms with Crippen molar-refractivity contribution in [3.8, 4) is 0 Å². The molecule has 13 heavy (non-hydrogen) atoms. The van der Waals surface area contributed by atoms with Crippen LogP contribution in [0.1, 0.15) is 26.7 Å². The van der Waals surface area contributed by atoms with Crippen LogP contribution in [-0.2, 0) is 9.53 Å². The number of carbonyl (C=O) groups is 1. The molecule has 3 nitrogen and oxygen atoms in total. The Labute approximate surface area is 78.6 Å². The Balaban J connectivity index is 2.32. The minimum absolute atomic E-state index is 0.0590. The van der Waals surface area contributed by atoms with Crippen LogP contribution in [0.25, 0.3) is 0 Å². The number of carbonyl (C=O) groups excluding carboxylic acids is 1. The Morgan fingerprint density at radius 1 is 1.54 bits per heavy atom. The monoisotopic (exact) mass is 183 g/mol. The maximum atomic E-state index is 11.5. The van der Waals surface area contributed by atoms with E-state index in [-0.39, 0.29) is 17.4 Å². The summed E-state index contributed by atoms with van der Waals surface area (Å²) in [6.07, 6.45) is 2.02. The molecule has 1 aliphatic carbocycles. The second kappa shape index (κ2) is 2.71. The number of cyclic esters (lactones) is 1. The summed E-state index contributed by atoms with van der Waals surface area (Å²) in [6.45, 7) is 4.68. The molecule has 2 N–H and O–H groups in total. The van der Waals surface area contributed by atoms with E-state index in [0.717, 1.165) is 12.8 Å². The summed E-state index contributed by atoms with van der Waals surface area (Å²) in [7, 11) is 0. The molecule has 1 saturated carbocycles. The second-order valence-electron chi connectivity index (χ2n) is 4.64. The standard InChI is InChI=1S/C10H17NO2/c1-6-3-4-10(11)7(2)5-13-9(12)8(6)10/h6-8H,3-5,11H2,1-2H3/t6-,7?,8+,10+/m0/s1. The van der Waals surface area contributed by atoms with Crippen LogP contribution in [0.3, 0.4) is 0 Å². The summed E-state index contributed by atoms with van der Waals surface area (Å²) in [5, 5.41) is 0. The molecule has 0 bridgehead atoms. The summed E-state index contributed by atoms with van der Waals surface area (Å²) < 4.78 is 5.12. The zero-order valence-corrected chi connectivity index (χ0v) is 8.25. The maximum Gasteiger partial charge on any atom is 0.311 e. The summed E-state index contributed by atoms with van der Waals surface area (Å²) in [6, 6.07) is 0. The third-order valence-electron chi connectivity index (χ3n) is 3.83. The lowest BCUT2D eigenvalue weighted by molar-refractivity contribution is -0.162. The quantitative estimate of drug-likeness (QED) is 0.568. The van der Waals surface area contributed by atoms with Gasteiger partial charge in [-0.05, 0) is 18.8 Å². The van der Waals surface area contributed by atoms with Crippen LogP contribution in [0.15, 0.2) is 0 Å². The van der Waals surface area contributed by atoms with Crippen molar-refractivity contribution in [1.29, 1.82) is 0 Å². The molecule has 1 heterocycles. The first-order valence-corrected chi connectivity index (χ1v) is 5.01. The van der Waals surface area contributed by atoms with E-state index in [1.54, 1.807) is 0 Å². The predicted octanol–water partition coefficient (Wildman–Crippen LogP) is 0.923. The minimum atomic E-state index is -0.283. The van der Waals surface area contributed by atoms with Gasteiger partial charge in [0.25, 0.3) is 0 Å². The van der Waals surface area contributed by atoms with E-state index >= 15 is 0 Å². The van der Waals surface area contributed by atoms with E-state index in [0.29, 0.717) is 18.4 Å². The molecule has 0 aromatic heterocycles. The molecule has 0 aromatic rings. The van der Waals surface area contributed by atoms with Crippen molar-refractivity contribution in [3.63, 3.8) is 0 Å². The number of hydrogen-bond acceptors (Lipinski definition) is 3. The lowest BCUT2D eigenvalue weighted by atomic mass is 9.74. The van der Waals surface area contributed by atoms with E-state index < -0.39 is 0 Å². The first-order valence-electron chi connectivity index (χ1n) is 5.01. The molecule has 4 atom stereocenters. The topological polar surface area (TPSA) is 52.3 Å². The van der Waals surface area contributed by atoms with Gasteiger partial charge in [-0.3, -0.25) is 4.79 Å². The van der Waals surface area contributed by atoms with Crippen molar-refractivity contribution >= 4 is 5.97 Å². The van der Waals surface area contributed by atoms with Gasteiger partial charge in [0.15, 0.2) is 0 Å². The summed E-state index contributed by atoms with van der Waals surface area (Å²) in [5.41, 5.74) is 6.00. The van der Waals surface area contributed by atoms with Gasteiger partial charge in [-0.2, -0.15) is 0 Å². The number of hydrogen-bond donors (Lipinski definition) is 1. The van der Waals surface area contributed by atoms with Gasteiger partial charge in [-0.1, -0.05) is 13.8 Å². The van der Waals surface area contributed by atoms with Gasteiger partial charge in [-0.15, -0.1) is 0 Å². The highest BCUT2D eigenvalue weighted by Gasteiger charge is 2.54. The zero-order chi connectivity index (χ0) is 9.64. The van der Waals surface area contributed by atoms with Crippen molar-refractivity contribution in [3.05, 3.63) is 0 Å². The number of nitrogens with two attached hydrogens (primary N) is 1. The molecule has 1 saturated heterocycles. The van der Waals surface area contributed by atoms with Gasteiger partial charge in [-0.25, -0.2) is 0 Å². The molecule has 2 fully saturated rings. The van der Waals surface area contributed by atoms with Crippen LogP contribution in [0.5, 0.6) is 0 Å². The summed E-state index contributed by atoms with van der Waals surface area (Å²) in [4.78, 5) is 11.5. The van der Waals surface area contributed by atoms with Gasteiger partial charge in [0, 0.05) is 11.5 Å². The third-order valence-corrected chi connectivity index (χ3v) is 3.83. The largest absolute Gasteiger partial charge is 0.465 e. The Morgan fingerprint density at radius 2 is 2.23 bits per heavy atom. The second-order valence-corrected chi connectivity index (χ2v) is 4.64. The van der Waals surface area contributed by atoms with Gasteiger partial charge in [0.05, 0.1) is 12.5 Å². The fourth-order valence-electron chi connectivity index (χ4n) is 2.79. The van der Waals surface area contributed by atoms with Crippen molar-refractivity contribution in [2.45, 2.75) is 32.2 Å². The minimum Gasteiger partial charge on any atom is -0.465 e. The van der Waals surface area contributed by atoms with E-state index in [4.69, 9.17) is 10.5 Å². The van der Waals surface area contributed by atoms with Gasteiger partial charge < -0.3 is 10.5 Å². The number of rotatable bonds is 0. The predicted molar refractivity (Wildman–Crippen MR) is 48.9 cm³/mol. The molecule has 3 heteroatoms. The molecule has 2 aliphatic rings. The Morgan fingerprint density at radius 3 is 2.85 bits per heavy atom. The van der Waals surface area contributed by atoms with Crippen LogP contribution >= 0.6 is 0 Å². The molecule has 0 aromatic carbocycles. The third kappa shape index (κ3) is 1.10. The molecule has 1 unspecified atom stereocenters. The van der Waals surface area contributed by atoms with Crippen LogP contribution in [-0.4, -0.2) is 18.1 Å². The van der Waals surface area contributed by atoms with Crippen molar-refractivity contribution < 1.29 is 9.53 Å². The Hall–Kier alpha value is -0.570. The van der Waals surface area contributed by atoms with Crippen molar-refractivity contribution in [1.82, 2.24) is 0 Å². The molecule has 0 radical (unpaired) electrons. The summed E-state index contributed by atoms with van der Waals surface area (Å²) >= 11 is 0. The molecule has 1 aliphatic heterocycles. The molecular formula is C10H17NO2. The average Bonchev–Trinajstić information content (AvgIpc) is 2.38. The summed E-state index contributed by atoms with van der Waals surface area (Å²) in [5.74, 6) is 0.558. The first kappa shape index (κ1) is 9.00. The Kier molecular flexibility index (Phi) is 1.88. The molecule has 2 rings (SSSR count). The smallest absolute Gasteiger partial charge is 0.311 e. The van der Waals surface area contributed by atoms with Crippen molar-refractivity contribution in [2.75, 3.05) is 6.61 Å². The maximum absolute atomic E-state index is 11.5. The molecule has 0 spiro atoms.